The van der Waals surface area contributed by atoms with Crippen LogP contribution in [0.5, 0.6) is 0 Å². The number of methoxy groups -OCH3 is 1. The third kappa shape index (κ3) is 3.25. The maximum Gasteiger partial charge on any atom is 0.270 e. The molecule has 2 aliphatic rings. The molecular weight excluding hydrogens is 290 g/mol. The van der Waals surface area contributed by atoms with E-state index in [0.717, 1.165) is 26.1 Å². The monoisotopic (exact) mass is 311 g/mol. The predicted octanol–water partition coefficient (Wildman–Crippen LogP) is 1.99. The van der Waals surface area contributed by atoms with Crippen LogP contribution in [-0.4, -0.2) is 66.1 Å². The van der Waals surface area contributed by atoms with Crippen molar-refractivity contribution in [2.24, 2.45) is 0 Å². The van der Waals surface area contributed by atoms with E-state index in [2.05, 4.69) is 9.88 Å². The Morgan fingerprint density at radius 1 is 1.48 bits per heavy atom. The van der Waals surface area contributed by atoms with Crippen molar-refractivity contribution in [3.8, 4) is 0 Å². The quantitative estimate of drug-likeness (QED) is 0.925. The van der Waals surface area contributed by atoms with Crippen LogP contribution in [0.25, 0.3) is 0 Å². The van der Waals surface area contributed by atoms with E-state index in [9.17, 15) is 4.79 Å². The fourth-order valence-electron chi connectivity index (χ4n) is 3.38. The summed E-state index contributed by atoms with van der Waals surface area (Å²) >= 11 is 5.91. The first-order valence-corrected chi connectivity index (χ1v) is 7.95. The number of hydrogen-bond acceptors (Lipinski definition) is 3. The highest BCUT2D eigenvalue weighted by molar-refractivity contribution is 6.30. The molecule has 116 valence electrons. The van der Waals surface area contributed by atoms with E-state index in [1.807, 2.05) is 4.90 Å². The van der Waals surface area contributed by atoms with E-state index in [1.54, 1.807) is 19.4 Å². The van der Waals surface area contributed by atoms with Gasteiger partial charge >= 0.3 is 0 Å². The van der Waals surface area contributed by atoms with Crippen LogP contribution in [0.4, 0.5) is 0 Å². The summed E-state index contributed by atoms with van der Waals surface area (Å²) in [5.74, 6) is 0.0191. The molecule has 1 amide bonds. The Morgan fingerprint density at radius 2 is 2.24 bits per heavy atom. The molecule has 2 saturated heterocycles. The van der Waals surface area contributed by atoms with Crippen LogP contribution in [0.15, 0.2) is 12.3 Å². The van der Waals surface area contributed by atoms with Crippen molar-refractivity contribution >= 4 is 17.5 Å². The summed E-state index contributed by atoms with van der Waals surface area (Å²) in [6.07, 6.45) is 5.22. The van der Waals surface area contributed by atoms with Gasteiger partial charge in [-0.25, -0.2) is 0 Å². The number of rotatable bonds is 4. The Hall–Kier alpha value is -1.04. The molecule has 0 saturated carbocycles. The Bertz CT molecular complexity index is 499. The minimum atomic E-state index is 0.0191. The van der Waals surface area contributed by atoms with E-state index < -0.39 is 0 Å². The molecule has 0 unspecified atom stereocenters. The van der Waals surface area contributed by atoms with E-state index >= 15 is 0 Å². The van der Waals surface area contributed by atoms with Gasteiger partial charge in [0.2, 0.25) is 0 Å². The molecule has 5 nitrogen and oxygen atoms in total. The molecule has 1 aromatic rings. The summed E-state index contributed by atoms with van der Waals surface area (Å²) in [5, 5.41) is 0.567. The Kier molecular flexibility index (Phi) is 4.52. The zero-order chi connectivity index (χ0) is 14.8. The van der Waals surface area contributed by atoms with Crippen molar-refractivity contribution in [1.29, 1.82) is 0 Å². The van der Waals surface area contributed by atoms with Crippen molar-refractivity contribution in [2.75, 3.05) is 33.3 Å². The number of nitrogens with zero attached hydrogens (tertiary/aromatic N) is 2. The number of likely N-dealkylation sites (tertiary alicyclic amines) is 2. The smallest absolute Gasteiger partial charge is 0.270 e. The number of H-pyrrole nitrogens is 1. The molecule has 6 heteroatoms. The fourth-order valence-corrected chi connectivity index (χ4v) is 3.54. The largest absolute Gasteiger partial charge is 0.380 e. The van der Waals surface area contributed by atoms with Crippen molar-refractivity contribution in [3.63, 3.8) is 0 Å². The minimum Gasteiger partial charge on any atom is -0.380 e. The summed E-state index contributed by atoms with van der Waals surface area (Å²) in [6, 6.07) is 1.92. The van der Waals surface area contributed by atoms with Crippen molar-refractivity contribution in [1.82, 2.24) is 14.8 Å². The number of carbonyl (C=O) groups is 1. The lowest BCUT2D eigenvalue weighted by atomic mass is 10.2. The van der Waals surface area contributed by atoms with Crippen molar-refractivity contribution < 1.29 is 9.53 Å². The molecule has 2 fully saturated rings. The van der Waals surface area contributed by atoms with Crippen LogP contribution < -0.4 is 0 Å². The summed E-state index contributed by atoms with van der Waals surface area (Å²) in [7, 11) is 1.72. The Morgan fingerprint density at radius 3 is 2.86 bits per heavy atom. The number of aromatic nitrogens is 1. The summed E-state index contributed by atoms with van der Waals surface area (Å²) < 4.78 is 5.48. The number of amides is 1. The lowest BCUT2D eigenvalue weighted by Gasteiger charge is -2.27. The van der Waals surface area contributed by atoms with E-state index in [4.69, 9.17) is 16.3 Å². The van der Waals surface area contributed by atoms with Gasteiger partial charge < -0.3 is 19.5 Å². The van der Waals surface area contributed by atoms with Crippen LogP contribution in [0.1, 0.15) is 29.8 Å². The molecule has 3 heterocycles. The molecular formula is C15H22ClN3O2. The maximum atomic E-state index is 12.7. The summed E-state index contributed by atoms with van der Waals surface area (Å²) in [5.41, 5.74) is 0.558. The van der Waals surface area contributed by atoms with Gasteiger partial charge in [-0.2, -0.15) is 0 Å². The summed E-state index contributed by atoms with van der Waals surface area (Å²) in [6.45, 7) is 3.89. The predicted molar refractivity (Wildman–Crippen MR) is 81.7 cm³/mol. The minimum absolute atomic E-state index is 0.0191. The van der Waals surface area contributed by atoms with Gasteiger partial charge in [0.15, 0.2) is 0 Å². The first kappa shape index (κ1) is 14.9. The third-order valence-electron chi connectivity index (χ3n) is 4.52. The molecule has 21 heavy (non-hydrogen) atoms. The molecule has 2 atom stereocenters. The fraction of sp³-hybridized carbons (Fsp3) is 0.667. The van der Waals surface area contributed by atoms with E-state index in [0.29, 0.717) is 17.3 Å². The molecule has 0 aromatic carbocycles. The topological polar surface area (TPSA) is 48.6 Å². The van der Waals surface area contributed by atoms with Gasteiger partial charge in [0.25, 0.3) is 5.91 Å². The molecule has 0 aliphatic carbocycles. The van der Waals surface area contributed by atoms with E-state index in [1.165, 1.54) is 12.8 Å². The maximum absolute atomic E-state index is 12.7. The highest BCUT2D eigenvalue weighted by atomic mass is 35.5. The normalized spacial score (nSPS) is 26.7. The van der Waals surface area contributed by atoms with Crippen molar-refractivity contribution in [2.45, 2.75) is 31.4 Å². The first-order valence-electron chi connectivity index (χ1n) is 7.57. The van der Waals surface area contributed by atoms with Crippen LogP contribution in [0.2, 0.25) is 5.02 Å². The summed E-state index contributed by atoms with van der Waals surface area (Å²) in [4.78, 5) is 20.0. The standard InChI is InChI=1S/C15H22ClN3O2/c1-21-13-7-12(9-18-4-2-3-5-18)19(10-13)15(20)14-6-11(16)8-17-14/h6,8,12-13,17H,2-5,7,9-10H2,1H3/t12-,13-/m0/s1. The Labute approximate surface area is 130 Å². The van der Waals surface area contributed by atoms with Gasteiger partial charge in [-0.1, -0.05) is 11.6 Å². The average molecular weight is 312 g/mol. The lowest BCUT2D eigenvalue weighted by molar-refractivity contribution is 0.0665. The van der Waals surface area contributed by atoms with Gasteiger partial charge in [0.05, 0.1) is 11.1 Å². The van der Waals surface area contributed by atoms with E-state index in [-0.39, 0.29) is 18.1 Å². The SMILES string of the molecule is CO[C@H]1C[C@@H](CN2CCCC2)N(C(=O)c2cc(Cl)c[nH]2)C1. The molecule has 0 bridgehead atoms. The van der Waals surface area contributed by atoms with Gasteiger partial charge in [-0.15, -0.1) is 0 Å². The highest BCUT2D eigenvalue weighted by Gasteiger charge is 2.37. The zero-order valence-corrected chi connectivity index (χ0v) is 13.1. The molecule has 1 aromatic heterocycles. The second kappa shape index (κ2) is 6.38. The van der Waals surface area contributed by atoms with Crippen LogP contribution in [0.3, 0.4) is 0 Å². The number of hydrogen-bond donors (Lipinski definition) is 1. The number of aromatic amines is 1. The van der Waals surface area contributed by atoms with Gasteiger partial charge in [-0.05, 0) is 38.4 Å². The number of nitrogens with one attached hydrogen (secondary N) is 1. The number of ether oxygens (including phenoxy) is 1. The molecule has 1 N–H and O–H groups in total. The average Bonchev–Trinajstić information content (AvgIpc) is 3.19. The van der Waals surface area contributed by atoms with Crippen LogP contribution in [0, 0.1) is 0 Å². The number of halogens is 1. The molecule has 0 radical (unpaired) electrons. The highest BCUT2D eigenvalue weighted by Crippen LogP contribution is 2.25. The Balaban J connectivity index is 1.71. The first-order chi connectivity index (χ1) is 10.2. The second-order valence-corrected chi connectivity index (χ2v) is 6.38. The van der Waals surface area contributed by atoms with Crippen molar-refractivity contribution in [3.05, 3.63) is 23.0 Å². The zero-order valence-electron chi connectivity index (χ0n) is 12.3. The molecule has 0 spiro atoms. The van der Waals surface area contributed by atoms with Crippen LogP contribution in [-0.2, 0) is 4.74 Å². The molecule has 2 aliphatic heterocycles. The van der Waals surface area contributed by atoms with Gasteiger partial charge in [0.1, 0.15) is 5.69 Å². The second-order valence-electron chi connectivity index (χ2n) is 5.94. The lowest BCUT2D eigenvalue weighted by Crippen LogP contribution is -2.42. The molecule has 3 rings (SSSR count). The third-order valence-corrected chi connectivity index (χ3v) is 4.73. The van der Waals surface area contributed by atoms with Gasteiger partial charge in [0, 0.05) is 32.4 Å². The van der Waals surface area contributed by atoms with Gasteiger partial charge in [-0.3, -0.25) is 4.79 Å². The van der Waals surface area contributed by atoms with Crippen LogP contribution >= 0.6 is 11.6 Å². The number of carbonyl (C=O) groups excluding carboxylic acids is 1.